The Morgan fingerprint density at radius 1 is 1.00 bits per heavy atom. The molecular formula is C13H17N3O3. The maximum atomic E-state index is 11.8. The molecule has 102 valence electrons. The minimum absolute atomic E-state index is 0.329. The van der Waals surface area contributed by atoms with Crippen LogP contribution in [0.15, 0.2) is 30.3 Å². The van der Waals surface area contributed by atoms with Crippen molar-refractivity contribution in [3.63, 3.8) is 0 Å². The zero-order valence-electron chi connectivity index (χ0n) is 10.9. The third kappa shape index (κ3) is 5.67. The van der Waals surface area contributed by atoms with Crippen molar-refractivity contribution >= 4 is 17.7 Å². The average molecular weight is 263 g/mol. The molecule has 19 heavy (non-hydrogen) atoms. The lowest BCUT2D eigenvalue weighted by Crippen LogP contribution is -2.55. The van der Waals surface area contributed by atoms with E-state index >= 15 is 0 Å². The van der Waals surface area contributed by atoms with Gasteiger partial charge in [-0.15, -0.1) is 0 Å². The summed E-state index contributed by atoms with van der Waals surface area (Å²) in [4.78, 5) is 33.8. The van der Waals surface area contributed by atoms with Gasteiger partial charge in [0.05, 0.1) is 0 Å². The smallest absolute Gasteiger partial charge is 0.263 e. The Kier molecular flexibility index (Phi) is 5.53. The highest BCUT2D eigenvalue weighted by Gasteiger charge is 2.19. The Labute approximate surface area is 111 Å². The van der Waals surface area contributed by atoms with Gasteiger partial charge in [-0.25, -0.2) is 0 Å². The lowest BCUT2D eigenvalue weighted by atomic mass is 10.2. The molecule has 1 aromatic rings. The molecule has 0 saturated heterocycles. The van der Waals surface area contributed by atoms with Gasteiger partial charge in [-0.3, -0.25) is 14.4 Å². The van der Waals surface area contributed by atoms with Crippen molar-refractivity contribution in [1.29, 1.82) is 0 Å². The summed E-state index contributed by atoms with van der Waals surface area (Å²) in [5.74, 6) is -1.25. The first-order valence-electron chi connectivity index (χ1n) is 5.85. The molecule has 0 radical (unpaired) electrons. The third-order valence-corrected chi connectivity index (χ3v) is 2.27. The van der Waals surface area contributed by atoms with Crippen LogP contribution in [-0.4, -0.2) is 23.9 Å². The average Bonchev–Trinajstić information content (AvgIpc) is 2.35. The molecule has 0 saturated carbocycles. The second-order valence-corrected chi connectivity index (χ2v) is 4.04. The van der Waals surface area contributed by atoms with Crippen molar-refractivity contribution in [3.05, 3.63) is 35.9 Å². The molecule has 0 aliphatic rings. The molecule has 6 nitrogen and oxygen atoms in total. The molecule has 0 unspecified atom stereocenters. The molecular weight excluding hydrogens is 246 g/mol. The van der Waals surface area contributed by atoms with Crippen LogP contribution in [0.1, 0.15) is 19.4 Å². The number of hydrogen-bond acceptors (Lipinski definition) is 3. The van der Waals surface area contributed by atoms with Gasteiger partial charge < -0.3 is 16.0 Å². The van der Waals surface area contributed by atoms with E-state index < -0.39 is 23.9 Å². The van der Waals surface area contributed by atoms with Crippen molar-refractivity contribution in [2.24, 2.45) is 0 Å². The number of amides is 3. The van der Waals surface area contributed by atoms with Crippen LogP contribution in [0.2, 0.25) is 0 Å². The quantitative estimate of drug-likeness (QED) is 0.648. The molecule has 0 bridgehead atoms. The van der Waals surface area contributed by atoms with Gasteiger partial charge in [-0.1, -0.05) is 30.3 Å². The van der Waals surface area contributed by atoms with Crippen molar-refractivity contribution in [1.82, 2.24) is 16.0 Å². The van der Waals surface area contributed by atoms with Crippen LogP contribution in [0, 0.1) is 0 Å². The predicted octanol–water partition coefficient (Wildman–Crippen LogP) is -0.0989. The molecule has 0 spiro atoms. The van der Waals surface area contributed by atoms with Crippen LogP contribution in [0.3, 0.4) is 0 Å². The summed E-state index contributed by atoms with van der Waals surface area (Å²) in [6.07, 6.45) is -1.06. The van der Waals surface area contributed by atoms with Crippen molar-refractivity contribution in [3.8, 4) is 0 Å². The largest absolute Gasteiger partial charge is 0.349 e. The fourth-order valence-electron chi connectivity index (χ4n) is 1.46. The Morgan fingerprint density at radius 3 is 2.00 bits per heavy atom. The lowest BCUT2D eigenvalue weighted by molar-refractivity contribution is -0.132. The third-order valence-electron chi connectivity index (χ3n) is 2.27. The fourth-order valence-corrected chi connectivity index (χ4v) is 1.46. The number of carbonyl (C=O) groups excluding carboxylic acids is 3. The van der Waals surface area contributed by atoms with Crippen LogP contribution in [0.5, 0.6) is 0 Å². The second kappa shape index (κ2) is 7.15. The molecule has 1 aromatic carbocycles. The second-order valence-electron chi connectivity index (χ2n) is 4.04. The Bertz CT molecular complexity index is 443. The van der Waals surface area contributed by atoms with E-state index in [-0.39, 0.29) is 0 Å². The summed E-state index contributed by atoms with van der Waals surface area (Å²) in [6, 6.07) is 9.34. The number of rotatable bonds is 5. The van der Waals surface area contributed by atoms with Crippen molar-refractivity contribution in [2.45, 2.75) is 26.6 Å². The first-order valence-corrected chi connectivity index (χ1v) is 5.85. The monoisotopic (exact) mass is 263 g/mol. The normalized spacial score (nSPS) is 9.84. The van der Waals surface area contributed by atoms with Gasteiger partial charge in [-0.2, -0.15) is 0 Å². The first-order chi connectivity index (χ1) is 8.99. The van der Waals surface area contributed by atoms with Crippen LogP contribution in [0.25, 0.3) is 0 Å². The maximum absolute atomic E-state index is 11.8. The molecule has 0 aromatic heterocycles. The molecule has 0 aliphatic heterocycles. The first kappa shape index (κ1) is 14.7. The molecule has 0 fully saturated rings. The van der Waals surface area contributed by atoms with Crippen LogP contribution in [0.4, 0.5) is 0 Å². The summed E-state index contributed by atoms with van der Waals surface area (Å²) < 4.78 is 0. The van der Waals surface area contributed by atoms with Gasteiger partial charge in [0.15, 0.2) is 6.17 Å². The summed E-state index contributed by atoms with van der Waals surface area (Å²) >= 11 is 0. The predicted molar refractivity (Wildman–Crippen MR) is 69.7 cm³/mol. The summed E-state index contributed by atoms with van der Waals surface area (Å²) in [6.45, 7) is 2.88. The van der Waals surface area contributed by atoms with Crippen LogP contribution < -0.4 is 16.0 Å². The van der Waals surface area contributed by atoms with E-state index in [1.54, 1.807) is 0 Å². The summed E-state index contributed by atoms with van der Waals surface area (Å²) in [7, 11) is 0. The molecule has 0 heterocycles. The maximum Gasteiger partial charge on any atom is 0.263 e. The zero-order valence-corrected chi connectivity index (χ0v) is 10.9. The highest BCUT2D eigenvalue weighted by atomic mass is 16.2. The van der Waals surface area contributed by atoms with Crippen molar-refractivity contribution in [2.75, 3.05) is 0 Å². The highest BCUT2D eigenvalue weighted by Crippen LogP contribution is 1.97. The summed E-state index contributed by atoms with van der Waals surface area (Å²) in [5.41, 5.74) is 0.931. The minimum atomic E-state index is -1.06. The standard InChI is InChI=1S/C13H17N3O3/c1-9(17)15-12(16-10(2)18)13(19)14-8-11-6-4-3-5-7-11/h3-7,12H,8H2,1-2H3,(H,14,19)(H,15,17)(H,16,18). The molecule has 3 N–H and O–H groups in total. The van der Waals surface area contributed by atoms with E-state index in [2.05, 4.69) is 16.0 Å². The molecule has 1 rings (SSSR count). The topological polar surface area (TPSA) is 87.3 Å². The Morgan fingerprint density at radius 2 is 1.53 bits per heavy atom. The highest BCUT2D eigenvalue weighted by molar-refractivity contribution is 5.90. The van der Waals surface area contributed by atoms with Crippen LogP contribution >= 0.6 is 0 Å². The van der Waals surface area contributed by atoms with Gasteiger partial charge in [0.1, 0.15) is 0 Å². The Hall–Kier alpha value is -2.37. The van der Waals surface area contributed by atoms with Crippen molar-refractivity contribution < 1.29 is 14.4 Å². The van der Waals surface area contributed by atoms with Gasteiger partial charge in [-0.05, 0) is 5.56 Å². The van der Waals surface area contributed by atoms with E-state index in [4.69, 9.17) is 0 Å². The fraction of sp³-hybridized carbons (Fsp3) is 0.308. The van der Waals surface area contributed by atoms with Gasteiger partial charge >= 0.3 is 0 Å². The zero-order chi connectivity index (χ0) is 14.3. The lowest BCUT2D eigenvalue weighted by Gasteiger charge is -2.18. The van der Waals surface area contributed by atoms with Crippen LogP contribution in [-0.2, 0) is 20.9 Å². The SMILES string of the molecule is CC(=O)NC(NC(C)=O)C(=O)NCc1ccccc1. The summed E-state index contributed by atoms with van der Waals surface area (Å²) in [5, 5.41) is 7.37. The van der Waals surface area contributed by atoms with Gasteiger partial charge in [0.2, 0.25) is 11.8 Å². The molecule has 0 aliphatic carbocycles. The van der Waals surface area contributed by atoms with E-state index in [1.807, 2.05) is 30.3 Å². The van der Waals surface area contributed by atoms with E-state index in [1.165, 1.54) is 13.8 Å². The minimum Gasteiger partial charge on any atom is -0.349 e. The van der Waals surface area contributed by atoms with E-state index in [0.717, 1.165) is 5.56 Å². The van der Waals surface area contributed by atoms with E-state index in [9.17, 15) is 14.4 Å². The number of nitrogens with one attached hydrogen (secondary N) is 3. The molecule has 0 atom stereocenters. The van der Waals surface area contributed by atoms with Gasteiger partial charge in [0, 0.05) is 20.4 Å². The molecule has 6 heteroatoms. The number of hydrogen-bond donors (Lipinski definition) is 3. The Balaban J connectivity index is 2.56. The molecule has 3 amide bonds. The van der Waals surface area contributed by atoms with E-state index in [0.29, 0.717) is 6.54 Å². The number of benzene rings is 1. The number of carbonyl (C=O) groups is 3. The van der Waals surface area contributed by atoms with Gasteiger partial charge in [0.25, 0.3) is 5.91 Å².